The summed E-state index contributed by atoms with van der Waals surface area (Å²) in [6, 6.07) is 2.22. The van der Waals surface area contributed by atoms with Crippen LogP contribution >= 0.6 is 0 Å². The van der Waals surface area contributed by atoms with Crippen molar-refractivity contribution >= 4 is 10.2 Å². The Kier molecular flexibility index (Phi) is 3.19. The standard InChI is InChI=1S/C10H17N3O2S/c11-8-10(6-2-1-3-7-10)13-16(14,15)12-9-4-5-9/h9,12-13H,1-7H2. The number of nitrogens with one attached hydrogen (secondary N) is 2. The maximum absolute atomic E-state index is 11.7. The van der Waals surface area contributed by atoms with Gasteiger partial charge in [0.1, 0.15) is 5.54 Å². The van der Waals surface area contributed by atoms with Gasteiger partial charge in [0, 0.05) is 6.04 Å². The van der Waals surface area contributed by atoms with Crippen molar-refractivity contribution in [2.75, 3.05) is 0 Å². The minimum atomic E-state index is -3.51. The maximum Gasteiger partial charge on any atom is 0.278 e. The van der Waals surface area contributed by atoms with Crippen molar-refractivity contribution in [1.29, 1.82) is 5.26 Å². The van der Waals surface area contributed by atoms with E-state index in [9.17, 15) is 8.42 Å². The molecule has 2 aliphatic carbocycles. The first-order valence-electron chi connectivity index (χ1n) is 5.78. The molecule has 16 heavy (non-hydrogen) atoms. The Balaban J connectivity index is 2.02. The van der Waals surface area contributed by atoms with Crippen molar-refractivity contribution < 1.29 is 8.42 Å². The van der Waals surface area contributed by atoms with Crippen LogP contribution in [-0.4, -0.2) is 20.0 Å². The zero-order valence-corrected chi connectivity index (χ0v) is 10.0. The summed E-state index contributed by atoms with van der Waals surface area (Å²) in [6.07, 6.45) is 5.96. The molecule has 0 saturated heterocycles. The van der Waals surface area contributed by atoms with Gasteiger partial charge in [0.2, 0.25) is 0 Å². The second-order valence-electron chi connectivity index (χ2n) is 4.75. The molecule has 2 aliphatic rings. The molecule has 0 radical (unpaired) electrons. The van der Waals surface area contributed by atoms with Crippen LogP contribution in [0, 0.1) is 11.3 Å². The molecule has 90 valence electrons. The van der Waals surface area contributed by atoms with Crippen molar-refractivity contribution in [3.63, 3.8) is 0 Å². The molecule has 2 N–H and O–H groups in total. The van der Waals surface area contributed by atoms with Crippen LogP contribution in [0.4, 0.5) is 0 Å². The third-order valence-electron chi connectivity index (χ3n) is 3.15. The van der Waals surface area contributed by atoms with Gasteiger partial charge < -0.3 is 0 Å². The lowest BCUT2D eigenvalue weighted by Gasteiger charge is -2.31. The summed E-state index contributed by atoms with van der Waals surface area (Å²) in [5, 5.41) is 9.15. The number of rotatable bonds is 4. The smallest absolute Gasteiger partial charge is 0.199 e. The largest absolute Gasteiger partial charge is 0.278 e. The van der Waals surface area contributed by atoms with Crippen LogP contribution < -0.4 is 9.44 Å². The van der Waals surface area contributed by atoms with Crippen LogP contribution in [0.3, 0.4) is 0 Å². The van der Waals surface area contributed by atoms with Gasteiger partial charge in [0.05, 0.1) is 6.07 Å². The van der Waals surface area contributed by atoms with Gasteiger partial charge in [0.25, 0.3) is 10.2 Å². The molecule has 0 aromatic rings. The van der Waals surface area contributed by atoms with E-state index in [1.54, 1.807) is 0 Å². The molecule has 0 spiro atoms. The van der Waals surface area contributed by atoms with E-state index in [-0.39, 0.29) is 6.04 Å². The Morgan fingerprint density at radius 3 is 2.31 bits per heavy atom. The molecule has 0 aliphatic heterocycles. The second kappa shape index (κ2) is 4.32. The minimum Gasteiger partial charge on any atom is -0.199 e. The predicted molar refractivity (Wildman–Crippen MR) is 59.6 cm³/mol. The van der Waals surface area contributed by atoms with Crippen LogP contribution in [0.5, 0.6) is 0 Å². The van der Waals surface area contributed by atoms with Crippen molar-refractivity contribution in [2.45, 2.75) is 56.5 Å². The van der Waals surface area contributed by atoms with Crippen LogP contribution in [-0.2, 0) is 10.2 Å². The lowest BCUT2D eigenvalue weighted by Crippen LogP contribution is -2.52. The molecule has 2 rings (SSSR count). The Morgan fingerprint density at radius 2 is 1.81 bits per heavy atom. The third-order valence-corrected chi connectivity index (χ3v) is 4.45. The molecule has 0 atom stereocenters. The average molecular weight is 243 g/mol. The summed E-state index contributed by atoms with van der Waals surface area (Å²) in [5.74, 6) is 0. The van der Waals surface area contributed by atoms with Crippen molar-refractivity contribution in [3.8, 4) is 6.07 Å². The van der Waals surface area contributed by atoms with Gasteiger partial charge in [-0.05, 0) is 25.7 Å². The SMILES string of the molecule is N#CC1(NS(=O)(=O)NC2CC2)CCCCC1. The number of hydrogen-bond donors (Lipinski definition) is 2. The van der Waals surface area contributed by atoms with Crippen LogP contribution in [0.2, 0.25) is 0 Å². The van der Waals surface area contributed by atoms with Crippen LogP contribution in [0.15, 0.2) is 0 Å². The lowest BCUT2D eigenvalue weighted by atomic mass is 9.84. The predicted octanol–water partition coefficient (Wildman–Crippen LogP) is 0.799. The third kappa shape index (κ3) is 2.94. The van der Waals surface area contributed by atoms with E-state index in [1.165, 1.54) is 0 Å². The molecule has 0 aromatic heterocycles. The molecular weight excluding hydrogens is 226 g/mol. The van der Waals surface area contributed by atoms with Crippen molar-refractivity contribution in [3.05, 3.63) is 0 Å². The zero-order chi connectivity index (χ0) is 11.6. The Hall–Kier alpha value is -0.640. The quantitative estimate of drug-likeness (QED) is 0.766. The maximum atomic E-state index is 11.7. The van der Waals surface area contributed by atoms with Gasteiger partial charge >= 0.3 is 0 Å². The van der Waals surface area contributed by atoms with Crippen LogP contribution in [0.25, 0.3) is 0 Å². The summed E-state index contributed by atoms with van der Waals surface area (Å²) >= 11 is 0. The molecule has 5 nitrogen and oxygen atoms in total. The zero-order valence-electron chi connectivity index (χ0n) is 9.20. The van der Waals surface area contributed by atoms with Crippen molar-refractivity contribution in [1.82, 2.24) is 9.44 Å². The normalized spacial score (nSPS) is 24.9. The second-order valence-corrected chi connectivity index (χ2v) is 6.20. The van der Waals surface area contributed by atoms with Gasteiger partial charge in [-0.25, -0.2) is 0 Å². The fraction of sp³-hybridized carbons (Fsp3) is 0.900. The van der Waals surface area contributed by atoms with E-state index in [1.807, 2.05) is 0 Å². The van der Waals surface area contributed by atoms with Gasteiger partial charge in [-0.3, -0.25) is 0 Å². The van der Waals surface area contributed by atoms with E-state index in [0.29, 0.717) is 12.8 Å². The average Bonchev–Trinajstić information content (AvgIpc) is 3.01. The lowest BCUT2D eigenvalue weighted by molar-refractivity contribution is 0.336. The molecule has 0 heterocycles. The highest BCUT2D eigenvalue weighted by Gasteiger charge is 2.37. The van der Waals surface area contributed by atoms with E-state index in [0.717, 1.165) is 32.1 Å². The monoisotopic (exact) mass is 243 g/mol. The fourth-order valence-corrected chi connectivity index (χ4v) is 3.60. The molecule has 2 fully saturated rings. The van der Waals surface area contributed by atoms with Gasteiger partial charge in [-0.2, -0.15) is 23.1 Å². The first-order chi connectivity index (χ1) is 7.55. The summed E-state index contributed by atoms with van der Waals surface area (Å²) < 4.78 is 28.6. The topological polar surface area (TPSA) is 82.0 Å². The highest BCUT2D eigenvalue weighted by molar-refractivity contribution is 7.87. The van der Waals surface area contributed by atoms with E-state index < -0.39 is 15.7 Å². The molecule has 0 unspecified atom stereocenters. The molecule has 6 heteroatoms. The molecular formula is C10H17N3O2S. The summed E-state index contributed by atoms with van der Waals surface area (Å²) in [6.45, 7) is 0. The molecule has 0 aromatic carbocycles. The Labute approximate surface area is 96.4 Å². The Morgan fingerprint density at radius 1 is 1.19 bits per heavy atom. The molecule has 0 bridgehead atoms. The summed E-state index contributed by atoms with van der Waals surface area (Å²) in [4.78, 5) is 0. The highest BCUT2D eigenvalue weighted by Crippen LogP contribution is 2.28. The van der Waals surface area contributed by atoms with E-state index in [2.05, 4.69) is 15.5 Å². The van der Waals surface area contributed by atoms with E-state index in [4.69, 9.17) is 5.26 Å². The first-order valence-corrected chi connectivity index (χ1v) is 7.26. The van der Waals surface area contributed by atoms with Gasteiger partial charge in [-0.15, -0.1) is 0 Å². The number of nitriles is 1. The summed E-state index contributed by atoms with van der Waals surface area (Å²) in [7, 11) is -3.51. The molecule has 0 amide bonds. The van der Waals surface area contributed by atoms with Gasteiger partial charge in [-0.1, -0.05) is 19.3 Å². The summed E-state index contributed by atoms with van der Waals surface area (Å²) in [5.41, 5.74) is -0.876. The van der Waals surface area contributed by atoms with Crippen LogP contribution in [0.1, 0.15) is 44.9 Å². The highest BCUT2D eigenvalue weighted by atomic mass is 32.2. The minimum absolute atomic E-state index is 0.0804. The first kappa shape index (κ1) is 11.8. The van der Waals surface area contributed by atoms with E-state index >= 15 is 0 Å². The fourth-order valence-electron chi connectivity index (χ4n) is 2.10. The van der Waals surface area contributed by atoms with Gasteiger partial charge in [0.15, 0.2) is 0 Å². The Bertz CT molecular complexity index is 389. The molecule has 2 saturated carbocycles. The number of hydrogen-bond acceptors (Lipinski definition) is 3. The van der Waals surface area contributed by atoms with Crippen molar-refractivity contribution in [2.24, 2.45) is 0 Å². The number of nitrogens with zero attached hydrogens (tertiary/aromatic N) is 1.